The molecule has 1 unspecified atom stereocenters. The van der Waals surface area contributed by atoms with Gasteiger partial charge in [-0.2, -0.15) is 5.10 Å². The Balaban J connectivity index is 2.15. The molecular weight excluding hydrogens is 186 g/mol. The molecule has 3 rings (SSSR count). The van der Waals surface area contributed by atoms with E-state index in [4.69, 9.17) is 0 Å². The number of aryl methyl sites for hydroxylation is 1. The second-order valence-corrected chi connectivity index (χ2v) is 4.24. The standard InChI is InChI=1S/C12H15N3/c1-9-3-2-4-12-11(9)8-14-15(12)10-5-6-13-7-10/h2-4,8,10,13H,5-7H2,1H3. The van der Waals surface area contributed by atoms with Crippen LogP contribution in [0.3, 0.4) is 0 Å². The minimum atomic E-state index is 0.532. The van der Waals surface area contributed by atoms with Crippen molar-refractivity contribution < 1.29 is 0 Å². The van der Waals surface area contributed by atoms with Crippen molar-refractivity contribution in [2.75, 3.05) is 13.1 Å². The van der Waals surface area contributed by atoms with E-state index in [9.17, 15) is 0 Å². The Morgan fingerprint density at radius 2 is 2.40 bits per heavy atom. The van der Waals surface area contributed by atoms with Gasteiger partial charge in [0.25, 0.3) is 0 Å². The van der Waals surface area contributed by atoms with Crippen LogP contribution >= 0.6 is 0 Å². The fourth-order valence-corrected chi connectivity index (χ4v) is 2.35. The fourth-order valence-electron chi connectivity index (χ4n) is 2.35. The van der Waals surface area contributed by atoms with Crippen LogP contribution in [0.2, 0.25) is 0 Å². The van der Waals surface area contributed by atoms with Gasteiger partial charge in [-0.1, -0.05) is 12.1 Å². The van der Waals surface area contributed by atoms with Crippen LogP contribution in [-0.4, -0.2) is 22.9 Å². The summed E-state index contributed by atoms with van der Waals surface area (Å²) in [4.78, 5) is 0. The summed E-state index contributed by atoms with van der Waals surface area (Å²) in [5, 5.41) is 9.18. The Hall–Kier alpha value is -1.35. The van der Waals surface area contributed by atoms with Crippen LogP contribution in [0.25, 0.3) is 10.9 Å². The van der Waals surface area contributed by atoms with Gasteiger partial charge in [0.05, 0.1) is 17.8 Å². The summed E-state index contributed by atoms with van der Waals surface area (Å²) in [6.45, 7) is 4.30. The number of rotatable bonds is 1. The highest BCUT2D eigenvalue weighted by Crippen LogP contribution is 2.23. The molecule has 0 aliphatic carbocycles. The molecule has 15 heavy (non-hydrogen) atoms. The molecule has 1 aliphatic rings. The van der Waals surface area contributed by atoms with Crippen molar-refractivity contribution in [2.45, 2.75) is 19.4 Å². The van der Waals surface area contributed by atoms with Crippen molar-refractivity contribution in [3.63, 3.8) is 0 Å². The third-order valence-electron chi connectivity index (χ3n) is 3.24. The summed E-state index contributed by atoms with van der Waals surface area (Å²) < 4.78 is 2.17. The van der Waals surface area contributed by atoms with E-state index in [0.717, 1.165) is 13.1 Å². The molecule has 0 spiro atoms. The van der Waals surface area contributed by atoms with Gasteiger partial charge in [-0.15, -0.1) is 0 Å². The Morgan fingerprint density at radius 3 is 3.20 bits per heavy atom. The van der Waals surface area contributed by atoms with Crippen LogP contribution in [-0.2, 0) is 0 Å². The summed E-state index contributed by atoms with van der Waals surface area (Å²) in [7, 11) is 0. The summed E-state index contributed by atoms with van der Waals surface area (Å²) in [5.74, 6) is 0. The second kappa shape index (κ2) is 3.35. The Kier molecular flexibility index (Phi) is 1.99. The third-order valence-corrected chi connectivity index (χ3v) is 3.24. The topological polar surface area (TPSA) is 29.9 Å². The van der Waals surface area contributed by atoms with Gasteiger partial charge in [-0.25, -0.2) is 0 Å². The van der Waals surface area contributed by atoms with E-state index in [1.165, 1.54) is 22.9 Å². The maximum Gasteiger partial charge on any atom is 0.0688 e. The maximum atomic E-state index is 4.51. The molecule has 0 radical (unpaired) electrons. The summed E-state index contributed by atoms with van der Waals surface area (Å²) in [6.07, 6.45) is 3.17. The van der Waals surface area contributed by atoms with Gasteiger partial charge in [-0.05, 0) is 31.5 Å². The summed E-state index contributed by atoms with van der Waals surface area (Å²) >= 11 is 0. The Bertz CT molecular complexity index is 481. The average Bonchev–Trinajstić information content (AvgIpc) is 2.85. The second-order valence-electron chi connectivity index (χ2n) is 4.24. The minimum absolute atomic E-state index is 0.532. The summed E-state index contributed by atoms with van der Waals surface area (Å²) in [5.41, 5.74) is 2.58. The first kappa shape index (κ1) is 8.92. The molecule has 78 valence electrons. The number of aromatic nitrogens is 2. The lowest BCUT2D eigenvalue weighted by molar-refractivity contribution is 0.506. The molecule has 3 nitrogen and oxygen atoms in total. The predicted octanol–water partition coefficient (Wildman–Crippen LogP) is 1.88. The number of nitrogens with zero attached hydrogens (tertiary/aromatic N) is 2. The van der Waals surface area contributed by atoms with Crippen LogP contribution in [0.1, 0.15) is 18.0 Å². The molecule has 0 saturated carbocycles. The molecule has 1 aromatic carbocycles. The van der Waals surface area contributed by atoms with E-state index in [1.54, 1.807) is 0 Å². The van der Waals surface area contributed by atoms with Crippen molar-refractivity contribution in [3.8, 4) is 0 Å². The normalized spacial score (nSPS) is 21.3. The molecule has 1 atom stereocenters. The third kappa shape index (κ3) is 1.35. The molecule has 2 heterocycles. The molecule has 1 aliphatic heterocycles. The molecule has 1 N–H and O–H groups in total. The van der Waals surface area contributed by atoms with Crippen molar-refractivity contribution in [1.82, 2.24) is 15.1 Å². The molecule has 3 heteroatoms. The highest BCUT2D eigenvalue weighted by atomic mass is 15.3. The van der Waals surface area contributed by atoms with E-state index in [0.29, 0.717) is 6.04 Å². The van der Waals surface area contributed by atoms with Gasteiger partial charge in [0.1, 0.15) is 0 Å². The number of fused-ring (bicyclic) bond motifs is 1. The molecule has 1 aromatic heterocycles. The number of benzene rings is 1. The zero-order chi connectivity index (χ0) is 10.3. The maximum absolute atomic E-state index is 4.51. The molecule has 0 amide bonds. The quantitative estimate of drug-likeness (QED) is 0.763. The average molecular weight is 201 g/mol. The SMILES string of the molecule is Cc1cccc2c1cnn2C1CCNC1. The van der Waals surface area contributed by atoms with E-state index in [-0.39, 0.29) is 0 Å². The van der Waals surface area contributed by atoms with E-state index in [2.05, 4.69) is 40.2 Å². The van der Waals surface area contributed by atoms with Gasteiger partial charge >= 0.3 is 0 Å². The van der Waals surface area contributed by atoms with Crippen LogP contribution in [0, 0.1) is 6.92 Å². The van der Waals surface area contributed by atoms with Crippen molar-refractivity contribution in [2.24, 2.45) is 0 Å². The molecule has 2 aromatic rings. The zero-order valence-corrected chi connectivity index (χ0v) is 8.90. The smallest absolute Gasteiger partial charge is 0.0688 e. The predicted molar refractivity (Wildman–Crippen MR) is 61.0 cm³/mol. The van der Waals surface area contributed by atoms with Crippen LogP contribution in [0.15, 0.2) is 24.4 Å². The molecule has 0 bridgehead atoms. The zero-order valence-electron chi connectivity index (χ0n) is 8.90. The van der Waals surface area contributed by atoms with Crippen molar-refractivity contribution >= 4 is 10.9 Å². The monoisotopic (exact) mass is 201 g/mol. The Morgan fingerprint density at radius 1 is 1.47 bits per heavy atom. The van der Waals surface area contributed by atoms with Crippen LogP contribution < -0.4 is 5.32 Å². The van der Waals surface area contributed by atoms with Crippen molar-refractivity contribution in [3.05, 3.63) is 30.0 Å². The first-order chi connectivity index (χ1) is 7.36. The first-order valence-corrected chi connectivity index (χ1v) is 5.50. The highest BCUT2D eigenvalue weighted by molar-refractivity contribution is 5.82. The van der Waals surface area contributed by atoms with E-state index < -0.39 is 0 Å². The lowest BCUT2D eigenvalue weighted by Gasteiger charge is -2.10. The van der Waals surface area contributed by atoms with E-state index >= 15 is 0 Å². The number of hydrogen-bond donors (Lipinski definition) is 1. The van der Waals surface area contributed by atoms with Gasteiger partial charge in [0.2, 0.25) is 0 Å². The summed E-state index contributed by atoms with van der Waals surface area (Å²) in [6, 6.07) is 6.94. The van der Waals surface area contributed by atoms with Crippen molar-refractivity contribution in [1.29, 1.82) is 0 Å². The lowest BCUT2D eigenvalue weighted by Crippen LogP contribution is -2.14. The molecule has 1 fully saturated rings. The van der Waals surface area contributed by atoms with Gasteiger partial charge < -0.3 is 5.32 Å². The number of hydrogen-bond acceptors (Lipinski definition) is 2. The first-order valence-electron chi connectivity index (χ1n) is 5.50. The van der Waals surface area contributed by atoms with Gasteiger partial charge in [0.15, 0.2) is 0 Å². The van der Waals surface area contributed by atoms with Gasteiger partial charge in [0, 0.05) is 11.9 Å². The van der Waals surface area contributed by atoms with Crippen LogP contribution in [0.4, 0.5) is 0 Å². The fraction of sp³-hybridized carbons (Fsp3) is 0.417. The van der Waals surface area contributed by atoms with E-state index in [1.807, 2.05) is 6.20 Å². The Labute approximate surface area is 89.1 Å². The highest BCUT2D eigenvalue weighted by Gasteiger charge is 2.18. The molecule has 1 saturated heterocycles. The minimum Gasteiger partial charge on any atom is -0.315 e. The van der Waals surface area contributed by atoms with Gasteiger partial charge in [-0.3, -0.25) is 4.68 Å². The lowest BCUT2D eigenvalue weighted by atomic mass is 10.1. The van der Waals surface area contributed by atoms with Crippen LogP contribution in [0.5, 0.6) is 0 Å². The number of nitrogens with one attached hydrogen (secondary N) is 1. The molecular formula is C12H15N3. The largest absolute Gasteiger partial charge is 0.315 e.